The molecule has 0 aliphatic heterocycles. The maximum Gasteiger partial charge on any atom is 0.330 e. The first-order valence-electron chi connectivity index (χ1n) is 11.9. The van der Waals surface area contributed by atoms with Crippen molar-refractivity contribution in [2.45, 2.75) is 69.0 Å². The van der Waals surface area contributed by atoms with Crippen molar-refractivity contribution in [3.63, 3.8) is 0 Å². The summed E-state index contributed by atoms with van der Waals surface area (Å²) < 4.78 is 1.60. The lowest BCUT2D eigenvalue weighted by Crippen LogP contribution is -2.32. The van der Waals surface area contributed by atoms with Crippen molar-refractivity contribution in [2.24, 2.45) is 5.92 Å². The van der Waals surface area contributed by atoms with Crippen LogP contribution in [0.3, 0.4) is 0 Å². The highest BCUT2D eigenvalue weighted by molar-refractivity contribution is 8.00. The number of thioether (sulfide) groups is 1. The number of aromatic amines is 1. The summed E-state index contributed by atoms with van der Waals surface area (Å²) in [7, 11) is 0. The van der Waals surface area contributed by atoms with Gasteiger partial charge in [-0.1, -0.05) is 55.9 Å². The Morgan fingerprint density at radius 3 is 2.53 bits per heavy atom. The molecule has 0 spiro atoms. The van der Waals surface area contributed by atoms with Crippen molar-refractivity contribution in [3.8, 4) is 0 Å². The zero-order valence-corrected chi connectivity index (χ0v) is 20.2. The van der Waals surface area contributed by atoms with E-state index in [4.69, 9.17) is 0 Å². The molecule has 178 valence electrons. The summed E-state index contributed by atoms with van der Waals surface area (Å²) in [5.74, 6) is 1.35. The SMILES string of the molecule is CC(C)CC(NC(=O)CSc1nc(C2CC2)nc2c1c(=O)[nH]c(=O)n2C1CC1)c1ccccc1. The molecule has 0 saturated heterocycles. The van der Waals surface area contributed by atoms with Crippen LogP contribution in [0.1, 0.15) is 75.3 Å². The number of hydrogen-bond donors (Lipinski definition) is 2. The largest absolute Gasteiger partial charge is 0.349 e. The van der Waals surface area contributed by atoms with Gasteiger partial charge in [0.15, 0.2) is 5.65 Å². The summed E-state index contributed by atoms with van der Waals surface area (Å²) >= 11 is 1.24. The van der Waals surface area contributed by atoms with Gasteiger partial charge in [0.05, 0.1) is 11.8 Å². The molecule has 2 fully saturated rings. The Kier molecular flexibility index (Phi) is 6.29. The van der Waals surface area contributed by atoms with Crippen molar-refractivity contribution in [1.82, 2.24) is 24.8 Å². The van der Waals surface area contributed by atoms with Gasteiger partial charge >= 0.3 is 5.69 Å². The predicted molar refractivity (Wildman–Crippen MR) is 132 cm³/mol. The second-order valence-corrected chi connectivity index (χ2v) is 10.6. The van der Waals surface area contributed by atoms with Gasteiger partial charge in [-0.05, 0) is 43.6 Å². The summed E-state index contributed by atoms with van der Waals surface area (Å²) in [5, 5.41) is 3.92. The minimum atomic E-state index is -0.496. The number of carbonyl (C=O) groups is 1. The molecule has 2 heterocycles. The van der Waals surface area contributed by atoms with Crippen LogP contribution in [-0.4, -0.2) is 31.2 Å². The fourth-order valence-corrected chi connectivity index (χ4v) is 5.08. The minimum absolute atomic E-state index is 0.0672. The van der Waals surface area contributed by atoms with Crippen molar-refractivity contribution in [2.75, 3.05) is 5.75 Å². The highest BCUT2D eigenvalue weighted by Crippen LogP contribution is 2.40. The Hall–Kier alpha value is -2.94. The van der Waals surface area contributed by atoms with E-state index in [1.807, 2.05) is 30.3 Å². The average Bonchev–Trinajstić information content (AvgIpc) is 3.70. The molecular formula is C25H29N5O3S. The number of rotatable bonds is 9. The van der Waals surface area contributed by atoms with E-state index in [-0.39, 0.29) is 29.7 Å². The van der Waals surface area contributed by atoms with Gasteiger partial charge in [-0.2, -0.15) is 0 Å². The first kappa shape index (κ1) is 22.8. The molecule has 2 aliphatic carbocycles. The molecule has 1 atom stereocenters. The van der Waals surface area contributed by atoms with Crippen LogP contribution in [-0.2, 0) is 4.79 Å². The van der Waals surface area contributed by atoms with Gasteiger partial charge in [0, 0.05) is 12.0 Å². The lowest BCUT2D eigenvalue weighted by molar-refractivity contribution is -0.119. The monoisotopic (exact) mass is 479 g/mol. The third-order valence-corrected chi connectivity index (χ3v) is 7.18. The molecule has 1 aromatic carbocycles. The summed E-state index contributed by atoms with van der Waals surface area (Å²) in [6.45, 7) is 4.27. The van der Waals surface area contributed by atoms with E-state index in [1.54, 1.807) is 4.57 Å². The van der Waals surface area contributed by atoms with Crippen LogP contribution in [0, 0.1) is 5.92 Å². The van der Waals surface area contributed by atoms with Crippen LogP contribution in [0.25, 0.3) is 11.0 Å². The fraction of sp³-hybridized carbons (Fsp3) is 0.480. The van der Waals surface area contributed by atoms with Gasteiger partial charge in [0.25, 0.3) is 5.56 Å². The Labute approximate surface area is 201 Å². The van der Waals surface area contributed by atoms with E-state index in [0.29, 0.717) is 27.8 Å². The van der Waals surface area contributed by atoms with Crippen molar-refractivity contribution in [1.29, 1.82) is 0 Å². The van der Waals surface area contributed by atoms with Gasteiger partial charge in [-0.15, -0.1) is 0 Å². The number of amides is 1. The summed E-state index contributed by atoms with van der Waals surface area (Å²) in [4.78, 5) is 50.0. The smallest absolute Gasteiger partial charge is 0.330 e. The molecule has 34 heavy (non-hydrogen) atoms. The molecule has 1 unspecified atom stereocenters. The highest BCUT2D eigenvalue weighted by Gasteiger charge is 2.32. The van der Waals surface area contributed by atoms with E-state index in [0.717, 1.165) is 37.7 Å². The van der Waals surface area contributed by atoms with Gasteiger partial charge in [-0.25, -0.2) is 14.8 Å². The standard InChI is InChI=1S/C25H29N5O3S/c1-14(2)12-18(15-6-4-3-5-7-15)26-19(31)13-34-24-20-22(27-21(28-24)16-8-9-16)30(17-10-11-17)25(33)29-23(20)32/h3-7,14,16-18H,8-13H2,1-2H3,(H,26,31)(H,29,32,33). The predicted octanol–water partition coefficient (Wildman–Crippen LogP) is 3.69. The van der Waals surface area contributed by atoms with Gasteiger partial charge in [0.1, 0.15) is 16.2 Å². The van der Waals surface area contributed by atoms with E-state index in [9.17, 15) is 14.4 Å². The van der Waals surface area contributed by atoms with E-state index >= 15 is 0 Å². The molecule has 2 saturated carbocycles. The quantitative estimate of drug-likeness (QED) is 0.358. The molecule has 0 radical (unpaired) electrons. The maximum atomic E-state index is 13.0. The number of benzene rings is 1. The van der Waals surface area contributed by atoms with Gasteiger partial charge in [-0.3, -0.25) is 19.1 Å². The Morgan fingerprint density at radius 2 is 1.88 bits per heavy atom. The van der Waals surface area contributed by atoms with Crippen LogP contribution >= 0.6 is 11.8 Å². The summed E-state index contributed by atoms with van der Waals surface area (Å²) in [6, 6.07) is 9.95. The van der Waals surface area contributed by atoms with Crippen LogP contribution in [0.4, 0.5) is 0 Å². The van der Waals surface area contributed by atoms with E-state index in [1.165, 1.54) is 11.8 Å². The number of H-pyrrole nitrogens is 1. The third-order valence-electron chi connectivity index (χ3n) is 6.21. The average molecular weight is 480 g/mol. The van der Waals surface area contributed by atoms with Crippen LogP contribution < -0.4 is 16.6 Å². The van der Waals surface area contributed by atoms with Crippen LogP contribution in [0.5, 0.6) is 0 Å². The van der Waals surface area contributed by atoms with Crippen molar-refractivity contribution < 1.29 is 4.79 Å². The minimum Gasteiger partial charge on any atom is -0.349 e. The highest BCUT2D eigenvalue weighted by atomic mass is 32.2. The van der Waals surface area contributed by atoms with Crippen LogP contribution in [0.15, 0.2) is 44.9 Å². The zero-order chi connectivity index (χ0) is 23.8. The fourth-order valence-electron chi connectivity index (χ4n) is 4.24. The normalized spacial score (nSPS) is 16.7. The number of carbonyl (C=O) groups excluding carboxylic acids is 1. The van der Waals surface area contributed by atoms with Crippen molar-refractivity contribution in [3.05, 3.63) is 62.6 Å². The molecule has 1 amide bonds. The van der Waals surface area contributed by atoms with E-state index < -0.39 is 11.2 Å². The lowest BCUT2D eigenvalue weighted by atomic mass is 9.97. The first-order valence-corrected chi connectivity index (χ1v) is 12.9. The van der Waals surface area contributed by atoms with Crippen molar-refractivity contribution >= 4 is 28.7 Å². The molecule has 2 N–H and O–H groups in total. The zero-order valence-electron chi connectivity index (χ0n) is 19.4. The van der Waals surface area contributed by atoms with Gasteiger partial charge < -0.3 is 5.32 Å². The molecule has 0 bridgehead atoms. The summed E-state index contributed by atoms with van der Waals surface area (Å²) in [6.07, 6.45) is 4.62. The summed E-state index contributed by atoms with van der Waals surface area (Å²) in [5.41, 5.74) is 0.554. The van der Waals surface area contributed by atoms with E-state index in [2.05, 4.69) is 34.1 Å². The Balaban J connectivity index is 1.42. The molecule has 2 aliphatic rings. The van der Waals surface area contributed by atoms with Crippen LogP contribution in [0.2, 0.25) is 0 Å². The molecule has 8 nitrogen and oxygen atoms in total. The Morgan fingerprint density at radius 1 is 1.15 bits per heavy atom. The maximum absolute atomic E-state index is 13.0. The first-order chi connectivity index (χ1) is 16.4. The molecular weight excluding hydrogens is 450 g/mol. The number of nitrogens with zero attached hydrogens (tertiary/aromatic N) is 3. The number of nitrogens with one attached hydrogen (secondary N) is 2. The number of aromatic nitrogens is 4. The third kappa shape index (κ3) is 4.94. The second-order valence-electron chi connectivity index (χ2n) is 9.67. The van der Waals surface area contributed by atoms with Gasteiger partial charge in [0.2, 0.25) is 5.91 Å². The topological polar surface area (TPSA) is 110 Å². The molecule has 9 heteroatoms. The molecule has 2 aromatic heterocycles. The second kappa shape index (κ2) is 9.37. The molecule has 5 rings (SSSR count). The number of fused-ring (bicyclic) bond motifs is 1. The molecule has 3 aromatic rings. The number of hydrogen-bond acceptors (Lipinski definition) is 6. The lowest BCUT2D eigenvalue weighted by Gasteiger charge is -2.21. The Bertz CT molecular complexity index is 1330.